The molecule has 2 heterocycles. The van der Waals surface area contributed by atoms with Crippen LogP contribution in [0.1, 0.15) is 6.92 Å². The number of hydrogen-bond donors (Lipinski definition) is 2. The van der Waals surface area contributed by atoms with E-state index in [4.69, 9.17) is 4.74 Å². The van der Waals surface area contributed by atoms with Crippen molar-refractivity contribution in [2.75, 3.05) is 59.0 Å². The van der Waals surface area contributed by atoms with Crippen LogP contribution in [0.15, 0.2) is 0 Å². The number of morpholine rings is 1. The van der Waals surface area contributed by atoms with E-state index in [9.17, 15) is 9.59 Å². The van der Waals surface area contributed by atoms with E-state index in [0.29, 0.717) is 32.8 Å². The summed E-state index contributed by atoms with van der Waals surface area (Å²) in [5, 5.41) is 6.03. The summed E-state index contributed by atoms with van der Waals surface area (Å²) < 4.78 is 5.37. The summed E-state index contributed by atoms with van der Waals surface area (Å²) in [5.74, 6) is 0.0445. The maximum atomic E-state index is 12.3. The molecule has 0 saturated carbocycles. The van der Waals surface area contributed by atoms with Crippen LogP contribution in [-0.4, -0.2) is 86.7 Å². The molecule has 1 atom stereocenters. The summed E-state index contributed by atoms with van der Waals surface area (Å²) >= 11 is 0. The number of likely N-dealkylation sites (N-methyl/N-ethyl adjacent to an activating group) is 1. The van der Waals surface area contributed by atoms with Crippen LogP contribution in [0.5, 0.6) is 0 Å². The van der Waals surface area contributed by atoms with E-state index in [1.807, 2.05) is 16.7 Å². The molecule has 0 aromatic rings. The smallest absolute Gasteiger partial charge is 0.239 e. The second kappa shape index (κ2) is 7.56. The Kier molecular flexibility index (Phi) is 5.75. The zero-order chi connectivity index (χ0) is 14.4. The molecule has 2 aliphatic heterocycles. The first-order valence-electron chi connectivity index (χ1n) is 7.30. The summed E-state index contributed by atoms with van der Waals surface area (Å²) in [6, 6.07) is -0.351. The number of carbonyl (C=O) groups excluding carboxylic acids is 2. The van der Waals surface area contributed by atoms with Gasteiger partial charge in [-0.05, 0) is 6.92 Å². The summed E-state index contributed by atoms with van der Waals surface area (Å²) in [5.41, 5.74) is 0. The number of carbonyl (C=O) groups is 2. The number of nitrogens with zero attached hydrogens (tertiary/aromatic N) is 2. The molecule has 2 aliphatic rings. The fourth-order valence-corrected chi connectivity index (χ4v) is 2.55. The van der Waals surface area contributed by atoms with Gasteiger partial charge in [-0.25, -0.2) is 0 Å². The van der Waals surface area contributed by atoms with E-state index in [-0.39, 0.29) is 17.9 Å². The Morgan fingerprint density at radius 2 is 2.05 bits per heavy atom. The topological polar surface area (TPSA) is 73.9 Å². The van der Waals surface area contributed by atoms with Gasteiger partial charge in [0.25, 0.3) is 0 Å². The van der Waals surface area contributed by atoms with Gasteiger partial charge in [0.15, 0.2) is 0 Å². The number of ether oxygens (including phenoxy) is 1. The van der Waals surface area contributed by atoms with Gasteiger partial charge >= 0.3 is 0 Å². The predicted octanol–water partition coefficient (Wildman–Crippen LogP) is -1.74. The molecular formula is C13H24N4O3. The quantitative estimate of drug-likeness (QED) is 0.641. The lowest BCUT2D eigenvalue weighted by Gasteiger charge is -2.36. The van der Waals surface area contributed by atoms with Crippen molar-refractivity contribution in [2.45, 2.75) is 13.0 Å². The molecule has 0 aromatic heterocycles. The number of nitrogens with one attached hydrogen (secondary N) is 2. The van der Waals surface area contributed by atoms with E-state index in [1.165, 1.54) is 0 Å². The second-order valence-electron chi connectivity index (χ2n) is 5.09. The van der Waals surface area contributed by atoms with Crippen LogP contribution in [-0.2, 0) is 14.3 Å². The minimum Gasteiger partial charge on any atom is -0.378 e. The number of rotatable bonds is 4. The van der Waals surface area contributed by atoms with Gasteiger partial charge in [-0.3, -0.25) is 14.5 Å². The molecule has 0 spiro atoms. The van der Waals surface area contributed by atoms with Gasteiger partial charge in [0.2, 0.25) is 11.8 Å². The summed E-state index contributed by atoms with van der Waals surface area (Å²) in [6.07, 6.45) is 0. The van der Waals surface area contributed by atoms with Crippen LogP contribution in [0, 0.1) is 0 Å². The molecule has 2 amide bonds. The Bertz CT molecular complexity index is 345. The maximum absolute atomic E-state index is 12.3. The van der Waals surface area contributed by atoms with Crippen LogP contribution in [0.3, 0.4) is 0 Å². The predicted molar refractivity (Wildman–Crippen MR) is 74.3 cm³/mol. The Hall–Kier alpha value is -1.18. The van der Waals surface area contributed by atoms with Crippen molar-refractivity contribution in [1.82, 2.24) is 20.4 Å². The van der Waals surface area contributed by atoms with Gasteiger partial charge in [0, 0.05) is 39.3 Å². The normalized spacial score (nSPS) is 24.4. The first-order valence-corrected chi connectivity index (χ1v) is 7.30. The molecule has 0 bridgehead atoms. The van der Waals surface area contributed by atoms with Crippen molar-refractivity contribution in [2.24, 2.45) is 0 Å². The molecule has 0 aromatic carbocycles. The molecule has 114 valence electrons. The van der Waals surface area contributed by atoms with E-state index in [1.54, 1.807) is 0 Å². The lowest BCUT2D eigenvalue weighted by molar-refractivity contribution is -0.140. The SMILES string of the molecule is CCNC(=O)C1COCCN1CC(=O)N1CCNCC1. The fraction of sp³-hybridized carbons (Fsp3) is 0.846. The Morgan fingerprint density at radius 3 is 2.75 bits per heavy atom. The summed E-state index contributed by atoms with van der Waals surface area (Å²) in [4.78, 5) is 28.1. The van der Waals surface area contributed by atoms with Crippen LogP contribution in [0.4, 0.5) is 0 Å². The van der Waals surface area contributed by atoms with Crippen molar-refractivity contribution in [3.63, 3.8) is 0 Å². The van der Waals surface area contributed by atoms with Gasteiger partial charge < -0.3 is 20.3 Å². The van der Waals surface area contributed by atoms with E-state index in [0.717, 1.165) is 26.2 Å². The van der Waals surface area contributed by atoms with Crippen LogP contribution < -0.4 is 10.6 Å². The molecule has 2 fully saturated rings. The average molecular weight is 284 g/mol. The van der Waals surface area contributed by atoms with Crippen molar-refractivity contribution in [1.29, 1.82) is 0 Å². The molecule has 2 saturated heterocycles. The maximum Gasteiger partial charge on any atom is 0.239 e. The third-order valence-electron chi connectivity index (χ3n) is 3.70. The summed E-state index contributed by atoms with van der Waals surface area (Å²) in [7, 11) is 0. The lowest BCUT2D eigenvalue weighted by Crippen LogP contribution is -2.57. The highest BCUT2D eigenvalue weighted by molar-refractivity contribution is 5.84. The van der Waals surface area contributed by atoms with Crippen molar-refractivity contribution >= 4 is 11.8 Å². The van der Waals surface area contributed by atoms with Gasteiger partial charge in [-0.1, -0.05) is 0 Å². The van der Waals surface area contributed by atoms with Crippen LogP contribution in [0.25, 0.3) is 0 Å². The zero-order valence-electron chi connectivity index (χ0n) is 12.1. The van der Waals surface area contributed by atoms with Crippen molar-refractivity contribution < 1.29 is 14.3 Å². The molecule has 0 radical (unpaired) electrons. The zero-order valence-corrected chi connectivity index (χ0v) is 12.1. The third-order valence-corrected chi connectivity index (χ3v) is 3.70. The highest BCUT2D eigenvalue weighted by Gasteiger charge is 2.31. The Morgan fingerprint density at radius 1 is 1.30 bits per heavy atom. The van der Waals surface area contributed by atoms with Crippen LogP contribution in [0.2, 0.25) is 0 Å². The molecular weight excluding hydrogens is 260 g/mol. The van der Waals surface area contributed by atoms with E-state index in [2.05, 4.69) is 10.6 Å². The largest absolute Gasteiger partial charge is 0.378 e. The van der Waals surface area contributed by atoms with Gasteiger partial charge in [-0.2, -0.15) is 0 Å². The molecule has 20 heavy (non-hydrogen) atoms. The first-order chi connectivity index (χ1) is 9.72. The van der Waals surface area contributed by atoms with E-state index >= 15 is 0 Å². The van der Waals surface area contributed by atoms with E-state index < -0.39 is 0 Å². The number of piperazine rings is 1. The lowest BCUT2D eigenvalue weighted by atomic mass is 10.2. The first kappa shape index (κ1) is 15.2. The fourth-order valence-electron chi connectivity index (χ4n) is 2.55. The highest BCUT2D eigenvalue weighted by Crippen LogP contribution is 2.08. The molecule has 7 heteroatoms. The minimum absolute atomic E-state index is 0.0553. The highest BCUT2D eigenvalue weighted by atomic mass is 16.5. The van der Waals surface area contributed by atoms with Crippen LogP contribution >= 0.6 is 0 Å². The van der Waals surface area contributed by atoms with Gasteiger partial charge in [0.1, 0.15) is 6.04 Å². The molecule has 1 unspecified atom stereocenters. The third kappa shape index (κ3) is 3.91. The van der Waals surface area contributed by atoms with Crippen molar-refractivity contribution in [3.05, 3.63) is 0 Å². The summed E-state index contributed by atoms with van der Waals surface area (Å²) in [6.45, 7) is 7.51. The monoisotopic (exact) mass is 284 g/mol. The average Bonchev–Trinajstić information content (AvgIpc) is 2.49. The number of amides is 2. The molecule has 2 rings (SSSR count). The Labute approximate surface area is 119 Å². The minimum atomic E-state index is -0.351. The molecule has 7 nitrogen and oxygen atoms in total. The van der Waals surface area contributed by atoms with Crippen molar-refractivity contribution in [3.8, 4) is 0 Å². The van der Waals surface area contributed by atoms with Gasteiger partial charge in [0.05, 0.1) is 19.8 Å². The number of hydrogen-bond acceptors (Lipinski definition) is 5. The Balaban J connectivity index is 1.90. The standard InChI is InChI=1S/C13H24N4O3/c1-2-15-13(19)11-10-20-8-7-17(11)9-12(18)16-5-3-14-4-6-16/h11,14H,2-10H2,1H3,(H,15,19). The second-order valence-corrected chi connectivity index (χ2v) is 5.09. The molecule has 0 aliphatic carbocycles. The molecule has 2 N–H and O–H groups in total. The van der Waals surface area contributed by atoms with Gasteiger partial charge in [-0.15, -0.1) is 0 Å².